The van der Waals surface area contributed by atoms with Gasteiger partial charge in [0.05, 0.1) is 6.54 Å². The second kappa shape index (κ2) is 7.29. The Balaban J connectivity index is 1.63. The molecule has 2 heterocycles. The quantitative estimate of drug-likeness (QED) is 0.820. The van der Waals surface area contributed by atoms with Crippen molar-refractivity contribution >= 4 is 12.0 Å². The van der Waals surface area contributed by atoms with Gasteiger partial charge in [-0.3, -0.25) is 4.79 Å². The number of carbonyl (C=O) groups is 2. The number of benzene rings is 1. The fourth-order valence-electron chi connectivity index (χ4n) is 4.00. The van der Waals surface area contributed by atoms with Crippen molar-refractivity contribution in [3.8, 4) is 0 Å². The van der Waals surface area contributed by atoms with Crippen LogP contribution in [0.3, 0.4) is 0 Å². The number of aryl methyl sites for hydroxylation is 2. The zero-order valence-electron chi connectivity index (χ0n) is 16.4. The summed E-state index contributed by atoms with van der Waals surface area (Å²) in [4.78, 5) is 28.8. The smallest absolute Gasteiger partial charge is 0.410 e. The van der Waals surface area contributed by atoms with Crippen molar-refractivity contribution in [2.24, 2.45) is 0 Å². The van der Waals surface area contributed by atoms with Crippen LogP contribution in [0, 0.1) is 13.8 Å². The third-order valence-electron chi connectivity index (χ3n) is 5.95. The first-order valence-corrected chi connectivity index (χ1v) is 9.71. The van der Waals surface area contributed by atoms with E-state index in [2.05, 4.69) is 13.8 Å². The fraction of sp³-hybridized carbons (Fsp3) is 0.619. The molecule has 0 bridgehead atoms. The molecular weight excluding hydrogens is 328 g/mol. The van der Waals surface area contributed by atoms with Crippen LogP contribution in [-0.2, 0) is 4.74 Å². The van der Waals surface area contributed by atoms with E-state index in [1.807, 2.05) is 41.8 Å². The highest BCUT2D eigenvalue weighted by molar-refractivity contribution is 5.94. The summed E-state index contributed by atoms with van der Waals surface area (Å²) >= 11 is 0. The molecule has 1 aromatic carbocycles. The van der Waals surface area contributed by atoms with Crippen LogP contribution in [0.25, 0.3) is 0 Å². The molecule has 0 aromatic heterocycles. The third-order valence-corrected chi connectivity index (χ3v) is 5.95. The van der Waals surface area contributed by atoms with Gasteiger partial charge in [-0.25, -0.2) is 4.79 Å². The van der Waals surface area contributed by atoms with Crippen LogP contribution in [0.4, 0.5) is 4.79 Å². The predicted octanol–water partition coefficient (Wildman–Crippen LogP) is 3.92. The van der Waals surface area contributed by atoms with Crippen LogP contribution in [0.1, 0.15) is 61.0 Å². The van der Waals surface area contributed by atoms with Crippen molar-refractivity contribution in [2.75, 3.05) is 19.6 Å². The maximum atomic E-state index is 12.8. The van der Waals surface area contributed by atoms with Crippen molar-refractivity contribution in [1.82, 2.24) is 9.80 Å². The monoisotopic (exact) mass is 358 g/mol. The van der Waals surface area contributed by atoms with E-state index in [1.165, 1.54) is 5.56 Å². The van der Waals surface area contributed by atoms with E-state index in [1.54, 1.807) is 0 Å². The first-order valence-electron chi connectivity index (χ1n) is 9.71. The van der Waals surface area contributed by atoms with Gasteiger partial charge in [-0.05, 0) is 50.5 Å². The van der Waals surface area contributed by atoms with Crippen molar-refractivity contribution < 1.29 is 14.3 Å². The lowest BCUT2D eigenvalue weighted by Gasteiger charge is -2.37. The Kier molecular flexibility index (Phi) is 5.26. The second-order valence-corrected chi connectivity index (χ2v) is 7.91. The summed E-state index contributed by atoms with van der Waals surface area (Å²) in [5, 5.41) is 0. The molecule has 2 amide bonds. The minimum atomic E-state index is -0.418. The highest BCUT2D eigenvalue weighted by Gasteiger charge is 2.48. The molecule has 0 aliphatic carbocycles. The molecular formula is C21H30N2O3. The summed E-state index contributed by atoms with van der Waals surface area (Å²) in [6.45, 7) is 10.2. The highest BCUT2D eigenvalue weighted by atomic mass is 16.6. The Morgan fingerprint density at radius 3 is 2.54 bits per heavy atom. The van der Waals surface area contributed by atoms with Crippen LogP contribution in [0.15, 0.2) is 18.2 Å². The standard InChI is InChI=1S/C21H30N2O3/c1-5-6-17(4)23-14-21(26-20(23)25)9-11-22(12-10-21)19(24)18-8-7-15(2)16(3)13-18/h7-8,13,17H,5-6,9-12,14H2,1-4H3/t17-/m1/s1. The number of carbonyl (C=O) groups excluding carboxylic acids is 2. The molecule has 5 nitrogen and oxygen atoms in total. The number of ether oxygens (including phenoxy) is 1. The van der Waals surface area contributed by atoms with Crippen molar-refractivity contribution in [1.29, 1.82) is 0 Å². The van der Waals surface area contributed by atoms with Crippen LogP contribution in [0.2, 0.25) is 0 Å². The van der Waals surface area contributed by atoms with Gasteiger partial charge in [0.1, 0.15) is 5.60 Å². The number of rotatable bonds is 4. The summed E-state index contributed by atoms with van der Waals surface area (Å²) in [5.74, 6) is 0.0727. The van der Waals surface area contributed by atoms with Gasteiger partial charge in [-0.2, -0.15) is 0 Å². The number of piperidine rings is 1. The van der Waals surface area contributed by atoms with Gasteiger partial charge in [0.2, 0.25) is 0 Å². The Labute approximate surface area is 156 Å². The van der Waals surface area contributed by atoms with Gasteiger partial charge in [-0.15, -0.1) is 0 Å². The van der Waals surface area contributed by atoms with Gasteiger partial charge in [0.25, 0.3) is 5.91 Å². The Morgan fingerprint density at radius 1 is 1.23 bits per heavy atom. The van der Waals surface area contributed by atoms with Gasteiger partial charge < -0.3 is 14.5 Å². The maximum absolute atomic E-state index is 12.8. The van der Waals surface area contributed by atoms with Gasteiger partial charge in [0, 0.05) is 37.5 Å². The van der Waals surface area contributed by atoms with Gasteiger partial charge in [0.15, 0.2) is 0 Å². The molecule has 0 N–H and O–H groups in total. The molecule has 142 valence electrons. The molecule has 0 saturated carbocycles. The van der Waals surface area contributed by atoms with Crippen molar-refractivity contribution in [3.63, 3.8) is 0 Å². The molecule has 1 atom stereocenters. The minimum Gasteiger partial charge on any atom is -0.441 e. The molecule has 5 heteroatoms. The van der Waals surface area contributed by atoms with Crippen molar-refractivity contribution in [3.05, 3.63) is 34.9 Å². The lowest BCUT2D eigenvalue weighted by Crippen LogP contribution is -2.49. The van der Waals surface area contributed by atoms with E-state index >= 15 is 0 Å². The second-order valence-electron chi connectivity index (χ2n) is 7.91. The summed E-state index contributed by atoms with van der Waals surface area (Å²) in [7, 11) is 0. The van der Waals surface area contributed by atoms with Gasteiger partial charge in [-0.1, -0.05) is 19.4 Å². The molecule has 2 aliphatic rings. The predicted molar refractivity (Wildman–Crippen MR) is 101 cm³/mol. The molecule has 0 unspecified atom stereocenters. The molecule has 0 radical (unpaired) electrons. The normalized spacial score (nSPS) is 20.4. The summed E-state index contributed by atoms with van der Waals surface area (Å²) in [6, 6.07) is 6.08. The largest absolute Gasteiger partial charge is 0.441 e. The zero-order chi connectivity index (χ0) is 18.9. The molecule has 2 aliphatic heterocycles. The van der Waals surface area contributed by atoms with E-state index in [9.17, 15) is 9.59 Å². The maximum Gasteiger partial charge on any atom is 0.410 e. The molecule has 1 aromatic rings. The van der Waals surface area contributed by atoms with Crippen LogP contribution >= 0.6 is 0 Å². The zero-order valence-corrected chi connectivity index (χ0v) is 16.4. The fourth-order valence-corrected chi connectivity index (χ4v) is 4.00. The lowest BCUT2D eigenvalue weighted by atomic mass is 9.90. The summed E-state index contributed by atoms with van der Waals surface area (Å²) < 4.78 is 5.79. The van der Waals surface area contributed by atoms with Crippen LogP contribution in [0.5, 0.6) is 0 Å². The van der Waals surface area contributed by atoms with Crippen LogP contribution in [-0.4, -0.2) is 53.1 Å². The number of likely N-dealkylation sites (tertiary alicyclic amines) is 1. The average Bonchev–Trinajstić information content (AvgIpc) is 2.94. The first kappa shape index (κ1) is 18.7. The molecule has 3 rings (SSSR count). The van der Waals surface area contributed by atoms with E-state index in [0.717, 1.165) is 24.0 Å². The molecule has 1 spiro atoms. The number of nitrogens with zero attached hydrogens (tertiary/aromatic N) is 2. The van der Waals surface area contributed by atoms with E-state index in [4.69, 9.17) is 4.74 Å². The first-order chi connectivity index (χ1) is 12.3. The molecule has 2 saturated heterocycles. The highest BCUT2D eigenvalue weighted by Crippen LogP contribution is 2.35. The van der Waals surface area contributed by atoms with Crippen LogP contribution < -0.4 is 0 Å². The van der Waals surface area contributed by atoms with E-state index < -0.39 is 5.60 Å². The third kappa shape index (κ3) is 3.57. The molecule has 26 heavy (non-hydrogen) atoms. The Morgan fingerprint density at radius 2 is 1.92 bits per heavy atom. The number of amides is 2. The van der Waals surface area contributed by atoms with Crippen molar-refractivity contribution in [2.45, 2.75) is 65.0 Å². The average molecular weight is 358 g/mol. The summed E-state index contributed by atoms with van der Waals surface area (Å²) in [5.41, 5.74) is 2.65. The summed E-state index contributed by atoms with van der Waals surface area (Å²) in [6.07, 6.45) is 3.27. The Hall–Kier alpha value is -2.04. The lowest BCUT2D eigenvalue weighted by molar-refractivity contribution is 0.00306. The van der Waals surface area contributed by atoms with E-state index in [-0.39, 0.29) is 18.0 Å². The SMILES string of the molecule is CCC[C@@H](C)N1CC2(CCN(C(=O)c3ccc(C)c(C)c3)CC2)OC1=O. The minimum absolute atomic E-state index is 0.0727. The van der Waals surface area contributed by atoms with Gasteiger partial charge >= 0.3 is 6.09 Å². The Bertz CT molecular complexity index is 692. The van der Waals surface area contributed by atoms with E-state index in [0.29, 0.717) is 32.5 Å². The number of hydrogen-bond donors (Lipinski definition) is 0. The topological polar surface area (TPSA) is 49.9 Å². The number of hydrogen-bond acceptors (Lipinski definition) is 3. The molecule has 2 fully saturated rings.